The van der Waals surface area contributed by atoms with E-state index in [0.29, 0.717) is 17.8 Å². The van der Waals surface area contributed by atoms with Crippen molar-refractivity contribution in [3.63, 3.8) is 0 Å². The van der Waals surface area contributed by atoms with Gasteiger partial charge < -0.3 is 0 Å². The molecule has 6 fully saturated rings. The quantitative estimate of drug-likeness (QED) is 0.172. The molecule has 0 aliphatic heterocycles. The lowest BCUT2D eigenvalue weighted by atomic mass is 9.66. The Bertz CT molecular complexity index is 1070. The van der Waals surface area contributed by atoms with E-state index in [0.717, 1.165) is 146 Å². The highest BCUT2D eigenvalue weighted by Crippen LogP contribution is 2.53. The number of halogens is 6. The monoisotopic (exact) mass is 817 g/mol. The average molecular weight is 817 g/mol. The standard InChI is InChI=1S/C18H32F2.C17H30F2.C16H28F2/c1-3-5-14-7-10-16(11-8-14)17-12-9-15(6-4-2)13-18(17,19)20;1-3-5-14-8-11-16(17(18,19)12-14)15-9-6-13(4-2)7-10-15;1-3-4-13-7-10-15(16(17,18)11-13)14-8-5-12(2)6-9-14/h14-17H,3-13H2,1-2H3;13-16H,3-12H2,1-2H3;12-15H,3-11H2,1-2H3. The van der Waals surface area contributed by atoms with Crippen LogP contribution in [0.2, 0.25) is 0 Å². The molecule has 0 aromatic rings. The van der Waals surface area contributed by atoms with Gasteiger partial charge in [0.1, 0.15) is 0 Å². The van der Waals surface area contributed by atoms with Crippen molar-refractivity contribution >= 4 is 0 Å². The fraction of sp³-hybridized carbons (Fsp3) is 1.00. The third-order valence-corrected chi connectivity index (χ3v) is 16.9. The van der Waals surface area contributed by atoms with E-state index < -0.39 is 17.8 Å². The summed E-state index contributed by atoms with van der Waals surface area (Å²) in [5.41, 5.74) is 0. The Labute approximate surface area is 348 Å². The van der Waals surface area contributed by atoms with Crippen LogP contribution in [-0.4, -0.2) is 17.8 Å². The first kappa shape index (κ1) is 49.2. The fourth-order valence-electron chi connectivity index (χ4n) is 13.5. The van der Waals surface area contributed by atoms with E-state index in [1.807, 2.05) is 0 Å². The summed E-state index contributed by atoms with van der Waals surface area (Å²) in [5, 5.41) is 0. The second-order valence-electron chi connectivity index (χ2n) is 21.2. The lowest BCUT2D eigenvalue weighted by molar-refractivity contribution is -0.129. The first-order chi connectivity index (χ1) is 27.2. The van der Waals surface area contributed by atoms with E-state index in [9.17, 15) is 26.3 Å². The van der Waals surface area contributed by atoms with Gasteiger partial charge in [0.25, 0.3) is 17.8 Å². The fourth-order valence-corrected chi connectivity index (χ4v) is 13.5. The maximum Gasteiger partial charge on any atom is 0.251 e. The minimum atomic E-state index is -2.39. The van der Waals surface area contributed by atoms with E-state index >= 15 is 0 Å². The van der Waals surface area contributed by atoms with Crippen molar-refractivity contribution in [1.82, 2.24) is 0 Å². The van der Waals surface area contributed by atoms with Crippen LogP contribution in [-0.2, 0) is 0 Å². The predicted molar refractivity (Wildman–Crippen MR) is 229 cm³/mol. The summed E-state index contributed by atoms with van der Waals surface area (Å²) in [6.07, 6.45) is 29.2. The molecule has 6 saturated carbocycles. The number of hydrogen-bond donors (Lipinski definition) is 0. The lowest BCUT2D eigenvalue weighted by Gasteiger charge is -2.42. The minimum absolute atomic E-state index is 0.164. The summed E-state index contributed by atoms with van der Waals surface area (Å²) >= 11 is 0. The molecule has 6 aliphatic rings. The van der Waals surface area contributed by atoms with E-state index in [4.69, 9.17) is 0 Å². The second-order valence-corrected chi connectivity index (χ2v) is 21.2. The molecule has 0 nitrogen and oxygen atoms in total. The van der Waals surface area contributed by atoms with Gasteiger partial charge in [-0.25, -0.2) is 26.3 Å². The van der Waals surface area contributed by atoms with Crippen LogP contribution in [0.5, 0.6) is 0 Å². The van der Waals surface area contributed by atoms with Crippen LogP contribution in [0.25, 0.3) is 0 Å². The van der Waals surface area contributed by atoms with Crippen molar-refractivity contribution < 1.29 is 26.3 Å². The highest BCUT2D eigenvalue weighted by molar-refractivity contribution is 4.94. The molecule has 0 aromatic heterocycles. The van der Waals surface area contributed by atoms with Crippen molar-refractivity contribution in [3.8, 4) is 0 Å². The Kier molecular flexibility index (Phi) is 20.5. The van der Waals surface area contributed by atoms with E-state index in [-0.39, 0.29) is 54.8 Å². The Balaban J connectivity index is 0.000000190. The van der Waals surface area contributed by atoms with Gasteiger partial charge in [0.05, 0.1) is 0 Å². The Morgan fingerprint density at radius 2 is 0.596 bits per heavy atom. The van der Waals surface area contributed by atoms with Crippen molar-refractivity contribution in [2.24, 2.45) is 71.0 Å². The van der Waals surface area contributed by atoms with E-state index in [1.165, 1.54) is 44.9 Å². The molecule has 6 aliphatic carbocycles. The zero-order valence-electron chi connectivity index (χ0n) is 37.9. The normalized spacial score (nSPS) is 39.2. The second kappa shape index (κ2) is 23.7. The van der Waals surface area contributed by atoms with Crippen molar-refractivity contribution in [1.29, 1.82) is 0 Å². The molecule has 0 heterocycles. The third-order valence-electron chi connectivity index (χ3n) is 16.9. The van der Waals surface area contributed by atoms with Crippen molar-refractivity contribution in [2.75, 3.05) is 0 Å². The van der Waals surface area contributed by atoms with Gasteiger partial charge in [0.2, 0.25) is 0 Å². The van der Waals surface area contributed by atoms with Crippen molar-refractivity contribution in [3.05, 3.63) is 0 Å². The molecule has 6 atom stereocenters. The minimum Gasteiger partial charge on any atom is -0.207 e. The van der Waals surface area contributed by atoms with Crippen molar-refractivity contribution in [2.45, 2.75) is 252 Å². The number of hydrogen-bond acceptors (Lipinski definition) is 0. The summed E-state index contributed by atoms with van der Waals surface area (Å²) in [6.45, 7) is 13.0. The molecule has 6 unspecified atom stereocenters. The molecule has 0 bridgehead atoms. The van der Waals surface area contributed by atoms with Crippen LogP contribution < -0.4 is 0 Å². The average Bonchev–Trinajstić information content (AvgIpc) is 3.16. The van der Waals surface area contributed by atoms with Crippen LogP contribution in [0, 0.1) is 71.0 Å². The third kappa shape index (κ3) is 14.9. The summed E-state index contributed by atoms with van der Waals surface area (Å²) in [7, 11) is 0. The highest BCUT2D eigenvalue weighted by atomic mass is 19.3. The largest absolute Gasteiger partial charge is 0.251 e. The van der Waals surface area contributed by atoms with Gasteiger partial charge >= 0.3 is 0 Å². The van der Waals surface area contributed by atoms with E-state index in [1.54, 1.807) is 0 Å². The van der Waals surface area contributed by atoms with Gasteiger partial charge in [-0.1, -0.05) is 138 Å². The van der Waals surface area contributed by atoms with Crippen LogP contribution in [0.4, 0.5) is 26.3 Å². The molecular weight excluding hydrogens is 727 g/mol. The first-order valence-corrected chi connectivity index (χ1v) is 25.3. The molecule has 6 heteroatoms. The zero-order chi connectivity index (χ0) is 41.6. The van der Waals surface area contributed by atoms with E-state index in [2.05, 4.69) is 41.5 Å². The Morgan fingerprint density at radius 1 is 0.333 bits per heavy atom. The Hall–Kier alpha value is -0.420. The molecule has 0 spiro atoms. The smallest absolute Gasteiger partial charge is 0.207 e. The highest BCUT2D eigenvalue weighted by Gasteiger charge is 2.50. The van der Waals surface area contributed by atoms with Gasteiger partial charge in [0.15, 0.2) is 0 Å². The number of rotatable bonds is 12. The summed E-state index contributed by atoms with van der Waals surface area (Å²) in [6, 6.07) is 0. The van der Waals surface area contributed by atoms with Crippen LogP contribution in [0.1, 0.15) is 234 Å². The van der Waals surface area contributed by atoms with Gasteiger partial charge in [-0.2, -0.15) is 0 Å². The molecule has 0 amide bonds. The summed E-state index contributed by atoms with van der Waals surface area (Å²) in [5.74, 6) is -3.94. The Morgan fingerprint density at radius 3 is 0.877 bits per heavy atom. The first-order valence-electron chi connectivity index (χ1n) is 25.3. The summed E-state index contributed by atoms with van der Waals surface area (Å²) < 4.78 is 86.4. The molecule has 0 N–H and O–H groups in total. The van der Waals surface area contributed by atoms with Gasteiger partial charge in [-0.3, -0.25) is 0 Å². The predicted octanol–water partition coefficient (Wildman–Crippen LogP) is 18.2. The van der Waals surface area contributed by atoms with Gasteiger partial charge in [-0.15, -0.1) is 0 Å². The molecule has 336 valence electrons. The maximum atomic E-state index is 14.5. The SMILES string of the molecule is CCCC1CCC(C2CCC(C)CC2)C(F)(F)C1.CCCC1CCC(C2CCC(CC)CC2)C(F)(F)C1.CCCC1CCC(C2CCC(CCC)CC2(F)F)CC1. The number of alkyl halides is 6. The van der Waals surface area contributed by atoms with Gasteiger partial charge in [-0.05, 0) is 130 Å². The topological polar surface area (TPSA) is 0 Å². The van der Waals surface area contributed by atoms with Crippen LogP contribution in [0.3, 0.4) is 0 Å². The van der Waals surface area contributed by atoms with Crippen LogP contribution >= 0.6 is 0 Å². The maximum absolute atomic E-state index is 14.5. The molecular formula is C51H90F6. The van der Waals surface area contributed by atoms with Gasteiger partial charge in [0, 0.05) is 37.0 Å². The molecule has 0 radical (unpaired) electrons. The van der Waals surface area contributed by atoms with Crippen LogP contribution in [0.15, 0.2) is 0 Å². The lowest BCUT2D eigenvalue weighted by Crippen LogP contribution is -2.41. The molecule has 0 aromatic carbocycles. The molecule has 6 rings (SSSR count). The molecule has 57 heavy (non-hydrogen) atoms. The summed E-state index contributed by atoms with van der Waals surface area (Å²) in [4.78, 5) is 0. The molecule has 0 saturated heterocycles. The zero-order valence-corrected chi connectivity index (χ0v) is 37.9.